The van der Waals surface area contributed by atoms with Gasteiger partial charge in [0, 0.05) is 16.8 Å². The zero-order chi connectivity index (χ0) is 21.3. The van der Waals surface area contributed by atoms with Crippen molar-refractivity contribution in [1.82, 2.24) is 19.8 Å². The van der Waals surface area contributed by atoms with Crippen LogP contribution in [0.15, 0.2) is 36.4 Å². The van der Waals surface area contributed by atoms with E-state index in [1.165, 1.54) is 32.7 Å². The van der Waals surface area contributed by atoms with Crippen molar-refractivity contribution in [3.8, 4) is 27.8 Å². The predicted octanol–water partition coefficient (Wildman–Crippen LogP) is 3.44. The number of anilines is 1. The highest BCUT2D eigenvalue weighted by molar-refractivity contribution is 7.19. The van der Waals surface area contributed by atoms with Crippen molar-refractivity contribution < 1.29 is 19.0 Å². The first-order chi connectivity index (χ1) is 14.5. The molecule has 2 aromatic carbocycles. The lowest BCUT2D eigenvalue weighted by Gasteiger charge is -2.14. The van der Waals surface area contributed by atoms with Crippen LogP contribution in [0.25, 0.3) is 15.5 Å². The SMILES string of the molecule is COc1cc(C(=O)Nc2cccc(-c3nn4c(C)nnc4s3)c2)cc(OC)c1OC. The molecule has 0 aliphatic heterocycles. The first kappa shape index (κ1) is 19.6. The van der Waals surface area contributed by atoms with Crippen molar-refractivity contribution >= 4 is 27.9 Å². The molecule has 0 saturated heterocycles. The minimum atomic E-state index is -0.305. The second kappa shape index (κ2) is 7.99. The van der Waals surface area contributed by atoms with E-state index in [2.05, 4.69) is 20.6 Å². The van der Waals surface area contributed by atoms with Gasteiger partial charge in [0.25, 0.3) is 5.91 Å². The van der Waals surface area contributed by atoms with Gasteiger partial charge in [-0.15, -0.1) is 10.2 Å². The third-order valence-corrected chi connectivity index (χ3v) is 5.39. The molecule has 0 saturated carbocycles. The fraction of sp³-hybridized carbons (Fsp3) is 0.200. The number of nitrogens with zero attached hydrogens (tertiary/aromatic N) is 4. The molecule has 2 heterocycles. The van der Waals surface area contributed by atoms with Gasteiger partial charge in [0.15, 0.2) is 17.3 Å². The molecular weight excluding hydrogens is 406 g/mol. The highest BCUT2D eigenvalue weighted by Gasteiger charge is 2.17. The second-order valence-electron chi connectivity index (χ2n) is 6.30. The lowest BCUT2D eigenvalue weighted by atomic mass is 10.1. The van der Waals surface area contributed by atoms with Crippen LogP contribution in [-0.2, 0) is 0 Å². The summed E-state index contributed by atoms with van der Waals surface area (Å²) in [5.74, 6) is 1.66. The quantitative estimate of drug-likeness (QED) is 0.505. The molecule has 4 rings (SSSR count). The van der Waals surface area contributed by atoms with Crippen molar-refractivity contribution in [3.05, 3.63) is 47.8 Å². The Morgan fingerprint density at radius 3 is 2.40 bits per heavy atom. The molecule has 0 atom stereocenters. The van der Waals surface area contributed by atoms with Crippen molar-refractivity contribution in [2.24, 2.45) is 0 Å². The molecule has 0 aliphatic rings. The van der Waals surface area contributed by atoms with Gasteiger partial charge in [-0.3, -0.25) is 4.79 Å². The number of aromatic nitrogens is 4. The van der Waals surface area contributed by atoms with E-state index in [1.54, 1.807) is 16.6 Å². The maximum atomic E-state index is 12.8. The van der Waals surface area contributed by atoms with Gasteiger partial charge < -0.3 is 19.5 Å². The number of rotatable bonds is 6. The van der Waals surface area contributed by atoms with Crippen LogP contribution in [0.5, 0.6) is 17.2 Å². The van der Waals surface area contributed by atoms with Crippen molar-refractivity contribution in [2.75, 3.05) is 26.6 Å². The minimum Gasteiger partial charge on any atom is -0.493 e. The molecule has 0 radical (unpaired) electrons. The average molecular weight is 425 g/mol. The summed E-state index contributed by atoms with van der Waals surface area (Å²) < 4.78 is 17.6. The Balaban J connectivity index is 1.62. The van der Waals surface area contributed by atoms with Gasteiger partial charge in [0.2, 0.25) is 10.7 Å². The van der Waals surface area contributed by atoms with E-state index in [-0.39, 0.29) is 5.91 Å². The number of aryl methyl sites for hydroxylation is 1. The van der Waals surface area contributed by atoms with Crippen LogP contribution >= 0.6 is 11.3 Å². The lowest BCUT2D eigenvalue weighted by molar-refractivity contribution is 0.102. The number of hydrogen-bond acceptors (Lipinski definition) is 8. The van der Waals surface area contributed by atoms with E-state index < -0.39 is 0 Å². The molecule has 4 aromatic rings. The molecule has 0 bridgehead atoms. The number of ether oxygens (including phenoxy) is 3. The van der Waals surface area contributed by atoms with Gasteiger partial charge >= 0.3 is 0 Å². The van der Waals surface area contributed by atoms with Crippen LogP contribution in [0.1, 0.15) is 16.2 Å². The fourth-order valence-corrected chi connectivity index (χ4v) is 3.86. The number of carbonyl (C=O) groups is 1. The van der Waals surface area contributed by atoms with Crippen LogP contribution < -0.4 is 19.5 Å². The van der Waals surface area contributed by atoms with Crippen molar-refractivity contribution in [3.63, 3.8) is 0 Å². The maximum absolute atomic E-state index is 12.8. The molecular formula is C20H19N5O4S. The van der Waals surface area contributed by atoms with Gasteiger partial charge in [0.05, 0.1) is 21.3 Å². The molecule has 2 aromatic heterocycles. The smallest absolute Gasteiger partial charge is 0.255 e. The summed E-state index contributed by atoms with van der Waals surface area (Å²) in [4.78, 5) is 13.6. The van der Waals surface area contributed by atoms with E-state index in [0.717, 1.165) is 21.4 Å². The number of nitrogens with one attached hydrogen (secondary N) is 1. The molecule has 0 fully saturated rings. The number of carbonyl (C=O) groups excluding carboxylic acids is 1. The highest BCUT2D eigenvalue weighted by Crippen LogP contribution is 2.38. The first-order valence-corrected chi connectivity index (χ1v) is 9.76. The largest absolute Gasteiger partial charge is 0.493 e. The Morgan fingerprint density at radius 2 is 1.77 bits per heavy atom. The van der Waals surface area contributed by atoms with Crippen molar-refractivity contribution in [2.45, 2.75) is 6.92 Å². The molecule has 154 valence electrons. The number of hydrogen-bond donors (Lipinski definition) is 1. The predicted molar refractivity (Wildman–Crippen MR) is 113 cm³/mol. The fourth-order valence-electron chi connectivity index (χ4n) is 2.98. The van der Waals surface area contributed by atoms with Crippen LogP contribution in [0.4, 0.5) is 5.69 Å². The second-order valence-corrected chi connectivity index (χ2v) is 7.25. The Kier molecular flexibility index (Phi) is 5.23. The van der Waals surface area contributed by atoms with Crippen LogP contribution in [-0.4, -0.2) is 47.0 Å². The van der Waals surface area contributed by atoms with Gasteiger partial charge in [-0.2, -0.15) is 9.61 Å². The molecule has 9 nitrogen and oxygen atoms in total. The Bertz CT molecular complexity index is 1210. The number of methoxy groups -OCH3 is 3. The number of fused-ring (bicyclic) bond motifs is 1. The van der Waals surface area contributed by atoms with E-state index in [0.29, 0.717) is 28.5 Å². The summed E-state index contributed by atoms with van der Waals surface area (Å²) in [7, 11) is 4.52. The van der Waals surface area contributed by atoms with Gasteiger partial charge in [-0.1, -0.05) is 23.5 Å². The molecule has 0 aliphatic carbocycles. The standard InChI is InChI=1S/C20H19N5O4S/c1-11-22-23-20-25(11)24-19(30-20)12-6-5-7-14(8-12)21-18(26)13-9-15(27-2)17(29-4)16(10-13)28-3/h5-10H,1-4H3,(H,21,26). The summed E-state index contributed by atoms with van der Waals surface area (Å²) in [5, 5.41) is 16.3. The summed E-state index contributed by atoms with van der Waals surface area (Å²) in [6.07, 6.45) is 0. The summed E-state index contributed by atoms with van der Waals surface area (Å²) in [5.41, 5.74) is 1.88. The molecule has 1 amide bonds. The third-order valence-electron chi connectivity index (χ3n) is 4.44. The minimum absolute atomic E-state index is 0.305. The highest BCUT2D eigenvalue weighted by atomic mass is 32.1. The van der Waals surface area contributed by atoms with E-state index >= 15 is 0 Å². The molecule has 1 N–H and O–H groups in total. The summed E-state index contributed by atoms with van der Waals surface area (Å²) in [6, 6.07) is 10.7. The van der Waals surface area contributed by atoms with Crippen LogP contribution in [0.3, 0.4) is 0 Å². The van der Waals surface area contributed by atoms with Gasteiger partial charge in [-0.05, 0) is 31.2 Å². The van der Waals surface area contributed by atoms with Gasteiger partial charge in [0.1, 0.15) is 5.01 Å². The third kappa shape index (κ3) is 3.52. The molecule has 10 heteroatoms. The Hall–Kier alpha value is -3.66. The van der Waals surface area contributed by atoms with Crippen molar-refractivity contribution in [1.29, 1.82) is 0 Å². The monoisotopic (exact) mass is 425 g/mol. The van der Waals surface area contributed by atoms with Crippen LogP contribution in [0, 0.1) is 6.92 Å². The normalized spacial score (nSPS) is 10.8. The Labute approximate surface area is 176 Å². The number of amides is 1. The zero-order valence-corrected chi connectivity index (χ0v) is 17.6. The maximum Gasteiger partial charge on any atom is 0.255 e. The summed E-state index contributed by atoms with van der Waals surface area (Å²) >= 11 is 1.43. The van der Waals surface area contributed by atoms with E-state index in [1.807, 2.05) is 31.2 Å². The molecule has 0 unspecified atom stereocenters. The van der Waals surface area contributed by atoms with E-state index in [4.69, 9.17) is 14.2 Å². The average Bonchev–Trinajstić information content (AvgIpc) is 3.34. The van der Waals surface area contributed by atoms with Gasteiger partial charge in [-0.25, -0.2) is 0 Å². The number of benzene rings is 2. The lowest BCUT2D eigenvalue weighted by Crippen LogP contribution is -2.12. The van der Waals surface area contributed by atoms with Crippen LogP contribution in [0.2, 0.25) is 0 Å². The summed E-state index contributed by atoms with van der Waals surface area (Å²) in [6.45, 7) is 1.84. The topological polar surface area (TPSA) is 99.9 Å². The van der Waals surface area contributed by atoms with E-state index in [9.17, 15) is 4.79 Å². The Morgan fingerprint density at radius 1 is 1.03 bits per heavy atom. The molecule has 0 spiro atoms. The first-order valence-electron chi connectivity index (χ1n) is 8.94. The zero-order valence-electron chi connectivity index (χ0n) is 16.8. The molecule has 30 heavy (non-hydrogen) atoms.